The standard InChI is InChI=1S/C13H18N4/c1-13(2)6-3-4-10(13)17-11-8-15-12-9(16-11)5-7-14-12/h5,7-8,10H,3-4,6H2,1-2H3,(H,14,15)(H,16,17). The molecule has 0 bridgehead atoms. The lowest BCUT2D eigenvalue weighted by molar-refractivity contribution is 0.349. The number of nitrogens with zero attached hydrogens (tertiary/aromatic N) is 2. The number of aromatic nitrogens is 3. The van der Waals surface area contributed by atoms with Crippen molar-refractivity contribution in [2.75, 3.05) is 5.32 Å². The van der Waals surface area contributed by atoms with Gasteiger partial charge in [0.15, 0.2) is 5.65 Å². The molecule has 0 spiro atoms. The highest BCUT2D eigenvalue weighted by atomic mass is 15.1. The first kappa shape index (κ1) is 10.6. The van der Waals surface area contributed by atoms with Gasteiger partial charge in [0.2, 0.25) is 0 Å². The van der Waals surface area contributed by atoms with Gasteiger partial charge in [0.1, 0.15) is 11.3 Å². The van der Waals surface area contributed by atoms with E-state index in [4.69, 9.17) is 0 Å². The number of hydrogen-bond donors (Lipinski definition) is 2. The van der Waals surface area contributed by atoms with Crippen LogP contribution >= 0.6 is 0 Å². The number of aromatic amines is 1. The van der Waals surface area contributed by atoms with Crippen LogP contribution in [0.1, 0.15) is 33.1 Å². The minimum Gasteiger partial charge on any atom is -0.366 e. The third kappa shape index (κ3) is 1.88. The average molecular weight is 230 g/mol. The molecule has 90 valence electrons. The Morgan fingerprint density at radius 1 is 1.47 bits per heavy atom. The summed E-state index contributed by atoms with van der Waals surface area (Å²) in [5.74, 6) is 0.886. The number of nitrogens with one attached hydrogen (secondary N) is 2. The van der Waals surface area contributed by atoms with Gasteiger partial charge in [-0.25, -0.2) is 9.97 Å². The first-order valence-electron chi connectivity index (χ1n) is 6.22. The Balaban J connectivity index is 1.84. The highest BCUT2D eigenvalue weighted by Crippen LogP contribution is 2.38. The molecule has 2 aromatic heterocycles. The van der Waals surface area contributed by atoms with E-state index in [1.54, 1.807) is 0 Å². The van der Waals surface area contributed by atoms with E-state index in [0.717, 1.165) is 17.0 Å². The smallest absolute Gasteiger partial charge is 0.156 e. The van der Waals surface area contributed by atoms with Gasteiger partial charge < -0.3 is 10.3 Å². The van der Waals surface area contributed by atoms with Crippen molar-refractivity contribution in [1.82, 2.24) is 15.0 Å². The van der Waals surface area contributed by atoms with Gasteiger partial charge in [-0.1, -0.05) is 20.3 Å². The van der Waals surface area contributed by atoms with E-state index in [9.17, 15) is 0 Å². The predicted molar refractivity (Wildman–Crippen MR) is 68.9 cm³/mol. The molecular formula is C13H18N4. The van der Waals surface area contributed by atoms with Gasteiger partial charge >= 0.3 is 0 Å². The second kappa shape index (κ2) is 3.72. The summed E-state index contributed by atoms with van der Waals surface area (Å²) in [4.78, 5) is 12.0. The van der Waals surface area contributed by atoms with E-state index in [1.807, 2.05) is 18.5 Å². The van der Waals surface area contributed by atoms with Gasteiger partial charge in [0.25, 0.3) is 0 Å². The van der Waals surface area contributed by atoms with E-state index in [1.165, 1.54) is 19.3 Å². The molecule has 4 nitrogen and oxygen atoms in total. The van der Waals surface area contributed by atoms with Crippen LogP contribution in [0.3, 0.4) is 0 Å². The van der Waals surface area contributed by atoms with Gasteiger partial charge in [-0.05, 0) is 24.3 Å². The highest BCUT2D eigenvalue weighted by molar-refractivity contribution is 5.71. The number of hydrogen-bond acceptors (Lipinski definition) is 3. The number of anilines is 1. The monoisotopic (exact) mass is 230 g/mol. The van der Waals surface area contributed by atoms with Crippen LogP contribution in [0.4, 0.5) is 5.82 Å². The van der Waals surface area contributed by atoms with Crippen LogP contribution in [0, 0.1) is 5.41 Å². The fraction of sp³-hybridized carbons (Fsp3) is 0.538. The normalized spacial score (nSPS) is 23.1. The van der Waals surface area contributed by atoms with Crippen molar-refractivity contribution in [2.45, 2.75) is 39.2 Å². The van der Waals surface area contributed by atoms with Crippen molar-refractivity contribution in [3.05, 3.63) is 18.5 Å². The predicted octanol–water partition coefficient (Wildman–Crippen LogP) is 2.95. The fourth-order valence-corrected chi connectivity index (χ4v) is 2.67. The third-order valence-corrected chi connectivity index (χ3v) is 3.84. The van der Waals surface area contributed by atoms with E-state index >= 15 is 0 Å². The molecule has 17 heavy (non-hydrogen) atoms. The molecule has 2 heterocycles. The molecular weight excluding hydrogens is 212 g/mol. The average Bonchev–Trinajstić information content (AvgIpc) is 2.85. The zero-order chi connectivity index (χ0) is 11.9. The minimum absolute atomic E-state index is 0.356. The lowest BCUT2D eigenvalue weighted by Gasteiger charge is -2.28. The van der Waals surface area contributed by atoms with Gasteiger partial charge in [-0.2, -0.15) is 0 Å². The molecule has 1 aliphatic rings. The fourth-order valence-electron chi connectivity index (χ4n) is 2.67. The first-order valence-corrected chi connectivity index (χ1v) is 6.22. The summed E-state index contributed by atoms with van der Waals surface area (Å²) >= 11 is 0. The Bertz CT molecular complexity index is 529. The Hall–Kier alpha value is -1.58. The van der Waals surface area contributed by atoms with Gasteiger partial charge in [-0.3, -0.25) is 0 Å². The second-order valence-electron chi connectivity index (χ2n) is 5.54. The molecule has 0 aromatic carbocycles. The molecule has 0 aliphatic heterocycles. The molecule has 1 unspecified atom stereocenters. The SMILES string of the molecule is CC1(C)CCCC1Nc1cnc2[nH]ccc2n1. The largest absolute Gasteiger partial charge is 0.366 e. The lowest BCUT2D eigenvalue weighted by atomic mass is 9.87. The molecule has 1 saturated carbocycles. The summed E-state index contributed by atoms with van der Waals surface area (Å²) in [7, 11) is 0. The quantitative estimate of drug-likeness (QED) is 0.834. The summed E-state index contributed by atoms with van der Waals surface area (Å²) in [6.07, 6.45) is 7.48. The van der Waals surface area contributed by atoms with Gasteiger partial charge in [-0.15, -0.1) is 0 Å². The minimum atomic E-state index is 0.356. The third-order valence-electron chi connectivity index (χ3n) is 3.84. The summed E-state index contributed by atoms with van der Waals surface area (Å²) in [6, 6.07) is 2.46. The van der Waals surface area contributed by atoms with Crippen LogP contribution in [0.5, 0.6) is 0 Å². The molecule has 1 aliphatic carbocycles. The first-order chi connectivity index (χ1) is 8.15. The van der Waals surface area contributed by atoms with Crippen LogP contribution in [0.2, 0.25) is 0 Å². The summed E-state index contributed by atoms with van der Waals surface area (Å²) in [6.45, 7) is 4.64. The van der Waals surface area contributed by atoms with Crippen LogP contribution in [-0.4, -0.2) is 21.0 Å². The van der Waals surface area contributed by atoms with Crippen LogP contribution < -0.4 is 5.32 Å². The van der Waals surface area contributed by atoms with Crippen LogP contribution in [-0.2, 0) is 0 Å². The van der Waals surface area contributed by atoms with Gasteiger partial charge in [0.05, 0.1) is 6.20 Å². The van der Waals surface area contributed by atoms with Crippen molar-refractivity contribution in [3.8, 4) is 0 Å². The van der Waals surface area contributed by atoms with Crippen molar-refractivity contribution < 1.29 is 0 Å². The molecule has 2 aromatic rings. The molecule has 0 saturated heterocycles. The number of H-pyrrole nitrogens is 1. The highest BCUT2D eigenvalue weighted by Gasteiger charge is 2.34. The van der Waals surface area contributed by atoms with E-state index < -0.39 is 0 Å². The van der Waals surface area contributed by atoms with Crippen molar-refractivity contribution in [2.24, 2.45) is 5.41 Å². The summed E-state index contributed by atoms with van der Waals surface area (Å²) in [5, 5.41) is 3.53. The van der Waals surface area contributed by atoms with Crippen LogP contribution in [0.25, 0.3) is 11.2 Å². The van der Waals surface area contributed by atoms with Crippen molar-refractivity contribution in [1.29, 1.82) is 0 Å². The second-order valence-corrected chi connectivity index (χ2v) is 5.54. The van der Waals surface area contributed by atoms with E-state index in [2.05, 4.69) is 34.1 Å². The Morgan fingerprint density at radius 2 is 2.35 bits per heavy atom. The molecule has 4 heteroatoms. The van der Waals surface area contributed by atoms with Crippen LogP contribution in [0.15, 0.2) is 18.5 Å². The van der Waals surface area contributed by atoms with Gasteiger partial charge in [0, 0.05) is 12.2 Å². The number of fused-ring (bicyclic) bond motifs is 1. The van der Waals surface area contributed by atoms with Crippen molar-refractivity contribution in [3.63, 3.8) is 0 Å². The van der Waals surface area contributed by atoms with Crippen molar-refractivity contribution >= 4 is 17.0 Å². The maximum Gasteiger partial charge on any atom is 0.156 e. The topological polar surface area (TPSA) is 53.6 Å². The molecule has 2 N–H and O–H groups in total. The Morgan fingerprint density at radius 3 is 3.12 bits per heavy atom. The molecule has 1 atom stereocenters. The molecule has 3 rings (SSSR count). The maximum atomic E-state index is 4.56. The number of rotatable bonds is 2. The van der Waals surface area contributed by atoms with E-state index in [0.29, 0.717) is 11.5 Å². The zero-order valence-electron chi connectivity index (χ0n) is 10.3. The summed E-state index contributed by atoms with van der Waals surface area (Å²) < 4.78 is 0. The zero-order valence-corrected chi connectivity index (χ0v) is 10.3. The van der Waals surface area contributed by atoms with E-state index in [-0.39, 0.29) is 0 Å². The maximum absolute atomic E-state index is 4.56. The molecule has 1 fully saturated rings. The Labute approximate surface area is 101 Å². The lowest BCUT2D eigenvalue weighted by Crippen LogP contribution is -2.31. The summed E-state index contributed by atoms with van der Waals surface area (Å²) in [5.41, 5.74) is 2.13. The molecule has 0 amide bonds. The Kier molecular flexibility index (Phi) is 2.31. The molecule has 0 radical (unpaired) electrons.